The van der Waals surface area contributed by atoms with Crippen LogP contribution in [0.15, 0.2) is 47.4 Å². The van der Waals surface area contributed by atoms with Crippen LogP contribution < -0.4 is 15.1 Å². The second kappa shape index (κ2) is 8.49. The highest BCUT2D eigenvalue weighted by Crippen LogP contribution is 2.33. The molecule has 1 saturated heterocycles. The maximum Gasteiger partial charge on any atom is 0.285 e. The zero-order valence-corrected chi connectivity index (χ0v) is 18.3. The SMILES string of the molecule is COc1ccccc1C(=O)NN1C(=O)C(=Cc2ccc3c(c2)CCCN3C)SC1=S. The van der Waals surface area contributed by atoms with Crippen LogP contribution >= 0.6 is 24.0 Å². The third-order valence-corrected chi connectivity index (χ3v) is 6.41. The van der Waals surface area contributed by atoms with Gasteiger partial charge in [0.15, 0.2) is 4.32 Å². The number of methoxy groups -OCH3 is 1. The van der Waals surface area contributed by atoms with Crippen LogP contribution in [-0.4, -0.2) is 41.8 Å². The Labute approximate surface area is 184 Å². The lowest BCUT2D eigenvalue weighted by molar-refractivity contribution is -0.123. The maximum atomic E-state index is 12.9. The summed E-state index contributed by atoms with van der Waals surface area (Å²) >= 11 is 6.50. The summed E-state index contributed by atoms with van der Waals surface area (Å²) in [5.74, 6) is -0.375. The molecule has 2 aromatic carbocycles. The Balaban J connectivity index is 1.53. The molecular formula is C22H21N3O3S2. The van der Waals surface area contributed by atoms with Crippen LogP contribution in [0.5, 0.6) is 5.75 Å². The van der Waals surface area contributed by atoms with E-state index < -0.39 is 5.91 Å². The molecule has 2 amide bonds. The van der Waals surface area contributed by atoms with Crippen molar-refractivity contribution in [1.82, 2.24) is 10.4 Å². The zero-order chi connectivity index (χ0) is 21.3. The van der Waals surface area contributed by atoms with E-state index in [4.69, 9.17) is 17.0 Å². The van der Waals surface area contributed by atoms with Crippen molar-refractivity contribution in [2.45, 2.75) is 12.8 Å². The lowest BCUT2D eigenvalue weighted by Crippen LogP contribution is -2.44. The van der Waals surface area contributed by atoms with E-state index in [9.17, 15) is 9.59 Å². The predicted octanol–water partition coefficient (Wildman–Crippen LogP) is 3.62. The van der Waals surface area contributed by atoms with Crippen LogP contribution in [0.1, 0.15) is 27.9 Å². The first kappa shape index (κ1) is 20.4. The first-order chi connectivity index (χ1) is 14.5. The number of hydrogen-bond donors (Lipinski definition) is 1. The van der Waals surface area contributed by atoms with E-state index in [0.717, 1.165) is 30.0 Å². The number of nitrogens with zero attached hydrogens (tertiary/aromatic N) is 2. The topological polar surface area (TPSA) is 61.9 Å². The molecule has 1 N–H and O–H groups in total. The number of carbonyl (C=O) groups excluding carboxylic acids is 2. The van der Waals surface area contributed by atoms with Gasteiger partial charge in [0.1, 0.15) is 5.75 Å². The first-order valence-electron chi connectivity index (χ1n) is 9.54. The largest absolute Gasteiger partial charge is 0.496 e. The number of hydrogen-bond acceptors (Lipinski definition) is 6. The van der Waals surface area contributed by atoms with E-state index in [1.165, 1.54) is 30.1 Å². The number of anilines is 1. The van der Waals surface area contributed by atoms with Crippen molar-refractivity contribution in [2.24, 2.45) is 0 Å². The van der Waals surface area contributed by atoms with Crippen molar-refractivity contribution in [3.8, 4) is 5.75 Å². The average molecular weight is 440 g/mol. The van der Waals surface area contributed by atoms with Gasteiger partial charge in [0.25, 0.3) is 11.8 Å². The van der Waals surface area contributed by atoms with Crippen LogP contribution in [0, 0.1) is 0 Å². The van der Waals surface area contributed by atoms with Crippen LogP contribution in [0.4, 0.5) is 5.69 Å². The molecule has 0 spiro atoms. The molecule has 2 aromatic rings. The number of rotatable bonds is 4. The van der Waals surface area contributed by atoms with Gasteiger partial charge in [-0.05, 0) is 66.5 Å². The number of nitrogens with one attached hydrogen (secondary N) is 1. The second-order valence-electron chi connectivity index (χ2n) is 7.07. The highest BCUT2D eigenvalue weighted by atomic mass is 32.2. The van der Waals surface area contributed by atoms with Crippen LogP contribution in [0.3, 0.4) is 0 Å². The molecule has 1 fully saturated rings. The number of ether oxygens (including phenoxy) is 1. The number of amides is 2. The number of thiocarbonyl (C=S) groups is 1. The number of fused-ring (bicyclic) bond motifs is 1. The average Bonchev–Trinajstić information content (AvgIpc) is 3.01. The Hall–Kier alpha value is -2.84. The van der Waals surface area contributed by atoms with Crippen molar-refractivity contribution in [3.05, 3.63) is 64.1 Å². The monoisotopic (exact) mass is 439 g/mol. The summed E-state index contributed by atoms with van der Waals surface area (Å²) in [4.78, 5) is 28.2. The van der Waals surface area contributed by atoms with Gasteiger partial charge in [-0.2, -0.15) is 5.01 Å². The van der Waals surface area contributed by atoms with Gasteiger partial charge in [-0.25, -0.2) is 0 Å². The van der Waals surface area contributed by atoms with E-state index in [0.29, 0.717) is 16.2 Å². The molecule has 0 unspecified atom stereocenters. The molecule has 0 atom stereocenters. The molecule has 0 aliphatic carbocycles. The van der Waals surface area contributed by atoms with Crippen molar-refractivity contribution in [3.63, 3.8) is 0 Å². The molecule has 4 rings (SSSR count). The molecule has 30 heavy (non-hydrogen) atoms. The first-order valence-corrected chi connectivity index (χ1v) is 10.8. The number of aryl methyl sites for hydroxylation is 1. The lowest BCUT2D eigenvalue weighted by atomic mass is 9.99. The van der Waals surface area contributed by atoms with Gasteiger partial charge in [-0.15, -0.1) is 0 Å². The molecule has 2 aliphatic rings. The minimum Gasteiger partial charge on any atom is -0.496 e. The Morgan fingerprint density at radius 2 is 2.07 bits per heavy atom. The lowest BCUT2D eigenvalue weighted by Gasteiger charge is -2.27. The Bertz CT molecular complexity index is 1070. The third kappa shape index (κ3) is 3.93. The standard InChI is InChI=1S/C22H21N3O3S2/c1-24-11-5-6-15-12-14(9-10-17(15)24)13-19-21(27)25(22(29)30-19)23-20(26)16-7-3-4-8-18(16)28-2/h3-4,7-10,12-13H,5-6,11H2,1-2H3,(H,23,26). The molecule has 2 heterocycles. The minimum atomic E-state index is -0.457. The summed E-state index contributed by atoms with van der Waals surface area (Å²) in [6, 6.07) is 13.0. The molecular weight excluding hydrogens is 418 g/mol. The third-order valence-electron chi connectivity index (χ3n) is 5.11. The molecule has 0 bridgehead atoms. The molecule has 2 aliphatic heterocycles. The number of para-hydroxylation sites is 1. The van der Waals surface area contributed by atoms with E-state index in [-0.39, 0.29) is 10.2 Å². The van der Waals surface area contributed by atoms with Gasteiger partial charge in [0.2, 0.25) is 0 Å². The van der Waals surface area contributed by atoms with E-state index in [1.807, 2.05) is 12.1 Å². The zero-order valence-electron chi connectivity index (χ0n) is 16.7. The summed E-state index contributed by atoms with van der Waals surface area (Å²) in [6.07, 6.45) is 3.96. The second-order valence-corrected chi connectivity index (χ2v) is 8.75. The summed E-state index contributed by atoms with van der Waals surface area (Å²) in [6.45, 7) is 1.05. The minimum absolute atomic E-state index is 0.284. The number of hydrazine groups is 1. The highest BCUT2D eigenvalue weighted by molar-refractivity contribution is 8.26. The summed E-state index contributed by atoms with van der Waals surface area (Å²) in [7, 11) is 3.58. The number of thioether (sulfide) groups is 1. The van der Waals surface area contributed by atoms with E-state index in [2.05, 4.69) is 29.5 Å². The normalized spacial score (nSPS) is 17.3. The van der Waals surface area contributed by atoms with Crippen molar-refractivity contribution < 1.29 is 14.3 Å². The predicted molar refractivity (Wildman–Crippen MR) is 124 cm³/mol. The quantitative estimate of drug-likeness (QED) is 0.580. The van der Waals surface area contributed by atoms with Gasteiger partial charge in [-0.1, -0.05) is 30.0 Å². The molecule has 154 valence electrons. The summed E-state index contributed by atoms with van der Waals surface area (Å²) in [5.41, 5.74) is 6.38. The summed E-state index contributed by atoms with van der Waals surface area (Å²) < 4.78 is 5.51. The van der Waals surface area contributed by atoms with Gasteiger partial charge in [0, 0.05) is 19.3 Å². The highest BCUT2D eigenvalue weighted by Gasteiger charge is 2.34. The van der Waals surface area contributed by atoms with Crippen LogP contribution in [0.25, 0.3) is 6.08 Å². The fourth-order valence-electron chi connectivity index (χ4n) is 3.60. The molecule has 0 aromatic heterocycles. The fraction of sp³-hybridized carbons (Fsp3) is 0.227. The smallest absolute Gasteiger partial charge is 0.285 e. The molecule has 8 heteroatoms. The van der Waals surface area contributed by atoms with E-state index in [1.54, 1.807) is 24.3 Å². The number of benzene rings is 2. The Kier molecular flexibility index (Phi) is 5.78. The van der Waals surface area contributed by atoms with Crippen molar-refractivity contribution in [1.29, 1.82) is 0 Å². The van der Waals surface area contributed by atoms with Crippen molar-refractivity contribution >= 4 is 51.9 Å². The molecule has 0 radical (unpaired) electrons. The van der Waals surface area contributed by atoms with Gasteiger partial charge >= 0.3 is 0 Å². The van der Waals surface area contributed by atoms with Crippen molar-refractivity contribution in [2.75, 3.05) is 25.6 Å². The van der Waals surface area contributed by atoms with Gasteiger partial charge in [-0.3, -0.25) is 15.0 Å². The maximum absolute atomic E-state index is 12.9. The Morgan fingerprint density at radius 3 is 2.87 bits per heavy atom. The van der Waals surface area contributed by atoms with Crippen LogP contribution in [-0.2, 0) is 11.2 Å². The fourth-order valence-corrected chi connectivity index (χ4v) is 4.78. The Morgan fingerprint density at radius 1 is 1.27 bits per heavy atom. The summed E-state index contributed by atoms with van der Waals surface area (Å²) in [5, 5.41) is 1.12. The van der Waals surface area contributed by atoms with Crippen LogP contribution in [0.2, 0.25) is 0 Å². The molecule has 0 saturated carbocycles. The number of carbonyl (C=O) groups is 2. The van der Waals surface area contributed by atoms with E-state index >= 15 is 0 Å². The molecule has 6 nitrogen and oxygen atoms in total. The van der Waals surface area contributed by atoms with Gasteiger partial charge < -0.3 is 9.64 Å². The van der Waals surface area contributed by atoms with Gasteiger partial charge in [0.05, 0.1) is 17.6 Å².